The number of hydrogen-bond donors (Lipinski definition) is 2. The molecule has 0 atom stereocenters. The van der Waals surface area contributed by atoms with E-state index < -0.39 is 0 Å². The molecule has 0 unspecified atom stereocenters. The van der Waals surface area contributed by atoms with Gasteiger partial charge in [0.15, 0.2) is 0 Å². The number of morpholine rings is 1. The number of pyridine rings is 1. The van der Waals surface area contributed by atoms with Gasteiger partial charge in [-0.05, 0) is 75.2 Å². The van der Waals surface area contributed by atoms with Gasteiger partial charge in [0.05, 0.1) is 24.9 Å². The first-order valence-corrected chi connectivity index (χ1v) is 13.2. The van der Waals surface area contributed by atoms with Gasteiger partial charge in [0, 0.05) is 35.3 Å². The number of aryl methyl sites for hydroxylation is 1. The Bertz CT molecular complexity index is 1480. The van der Waals surface area contributed by atoms with E-state index in [1.54, 1.807) is 18.3 Å². The highest BCUT2D eigenvalue weighted by molar-refractivity contribution is 5.95. The Hall–Kier alpha value is -4.24. The third kappa shape index (κ3) is 6.26. The molecule has 2 aromatic carbocycles. The molecule has 9 heteroatoms. The number of nitrogens with zero attached hydrogens (tertiary/aromatic N) is 4. The molecule has 1 aliphatic heterocycles. The quantitative estimate of drug-likeness (QED) is 0.305. The van der Waals surface area contributed by atoms with Crippen LogP contribution in [-0.4, -0.2) is 52.7 Å². The normalized spacial score (nSPS) is 13.8. The van der Waals surface area contributed by atoms with E-state index in [2.05, 4.69) is 30.5 Å². The summed E-state index contributed by atoms with van der Waals surface area (Å²) in [6.07, 6.45) is 4.16. The number of carbonyl (C=O) groups is 1. The van der Waals surface area contributed by atoms with Crippen molar-refractivity contribution in [2.24, 2.45) is 0 Å². The molecule has 2 aromatic heterocycles. The molecule has 202 valence electrons. The summed E-state index contributed by atoms with van der Waals surface area (Å²) in [6.45, 7) is 11.0. The van der Waals surface area contributed by atoms with Crippen LogP contribution >= 0.6 is 0 Å². The number of aromatic nitrogens is 3. The molecule has 0 aliphatic carbocycles. The van der Waals surface area contributed by atoms with Crippen molar-refractivity contribution in [1.82, 2.24) is 20.3 Å². The zero-order valence-electron chi connectivity index (χ0n) is 22.8. The van der Waals surface area contributed by atoms with Gasteiger partial charge in [-0.1, -0.05) is 13.0 Å². The predicted octanol–water partition coefficient (Wildman–Crippen LogP) is 5.62. The molecule has 0 spiro atoms. The first-order valence-electron chi connectivity index (χ1n) is 13.2. The van der Waals surface area contributed by atoms with Crippen molar-refractivity contribution >= 4 is 34.1 Å². The van der Waals surface area contributed by atoms with Gasteiger partial charge in [-0.3, -0.25) is 4.79 Å². The van der Waals surface area contributed by atoms with Gasteiger partial charge in [-0.25, -0.2) is 15.0 Å². The van der Waals surface area contributed by atoms with E-state index in [9.17, 15) is 4.79 Å². The minimum Gasteiger partial charge on any atom is -0.457 e. The molecule has 9 nitrogen and oxygen atoms in total. The molecule has 1 aliphatic rings. The van der Waals surface area contributed by atoms with Crippen LogP contribution in [0.4, 0.5) is 17.3 Å². The largest absolute Gasteiger partial charge is 0.457 e. The topological polar surface area (TPSA) is 102 Å². The molecule has 0 saturated carbocycles. The Morgan fingerprint density at radius 1 is 1.08 bits per heavy atom. The average molecular weight is 527 g/mol. The minimum absolute atomic E-state index is 0.118. The summed E-state index contributed by atoms with van der Waals surface area (Å²) < 4.78 is 11.6. The Morgan fingerprint density at radius 3 is 2.67 bits per heavy atom. The van der Waals surface area contributed by atoms with E-state index in [1.165, 1.54) is 6.33 Å². The number of carbonyl (C=O) groups excluding carboxylic acids is 1. The maximum atomic E-state index is 12.7. The lowest BCUT2D eigenvalue weighted by molar-refractivity contribution is 0.0911. The molecule has 1 fully saturated rings. The maximum Gasteiger partial charge on any atom is 0.251 e. The predicted molar refractivity (Wildman–Crippen MR) is 153 cm³/mol. The number of nitrogens with one attached hydrogen (secondary N) is 2. The molecule has 4 aromatic rings. The number of hydrogen-bond acceptors (Lipinski definition) is 8. The van der Waals surface area contributed by atoms with E-state index in [0.29, 0.717) is 36.1 Å². The molecule has 5 rings (SSSR count). The summed E-state index contributed by atoms with van der Waals surface area (Å²) >= 11 is 0. The van der Waals surface area contributed by atoms with Crippen LogP contribution in [0.15, 0.2) is 61.1 Å². The molecule has 1 amide bonds. The van der Waals surface area contributed by atoms with Crippen molar-refractivity contribution in [3.63, 3.8) is 0 Å². The second-order valence-electron chi connectivity index (χ2n) is 10.3. The van der Waals surface area contributed by atoms with Gasteiger partial charge < -0.3 is 25.0 Å². The summed E-state index contributed by atoms with van der Waals surface area (Å²) in [5.41, 5.74) is 2.87. The second-order valence-corrected chi connectivity index (χ2v) is 10.3. The Balaban J connectivity index is 1.33. The monoisotopic (exact) mass is 526 g/mol. The number of fused-ring (bicyclic) bond motifs is 1. The third-order valence-electron chi connectivity index (χ3n) is 6.94. The van der Waals surface area contributed by atoms with Crippen molar-refractivity contribution in [3.8, 4) is 11.5 Å². The van der Waals surface area contributed by atoms with Gasteiger partial charge >= 0.3 is 0 Å². The first kappa shape index (κ1) is 26.4. The Kier molecular flexibility index (Phi) is 7.60. The fourth-order valence-corrected chi connectivity index (χ4v) is 4.29. The molecular weight excluding hydrogens is 492 g/mol. The van der Waals surface area contributed by atoms with Crippen molar-refractivity contribution < 1.29 is 14.3 Å². The Morgan fingerprint density at radius 2 is 1.90 bits per heavy atom. The summed E-state index contributed by atoms with van der Waals surface area (Å²) in [6, 6.07) is 15.1. The SMILES string of the molecule is CCC(C)(C)NC(=O)c1cccc(Oc2ccc(Nc3ncnc4cnc(N5CCOCC5)cc34)cc2C)c1. The molecule has 0 bridgehead atoms. The highest BCUT2D eigenvalue weighted by Gasteiger charge is 2.19. The third-order valence-corrected chi connectivity index (χ3v) is 6.94. The first-order chi connectivity index (χ1) is 18.8. The minimum atomic E-state index is -0.275. The smallest absolute Gasteiger partial charge is 0.251 e. The van der Waals surface area contributed by atoms with E-state index >= 15 is 0 Å². The number of anilines is 3. The van der Waals surface area contributed by atoms with Crippen LogP contribution in [0, 0.1) is 6.92 Å². The van der Waals surface area contributed by atoms with Crippen molar-refractivity contribution in [2.75, 3.05) is 36.5 Å². The standard InChI is InChI=1S/C30H34N6O3/c1-5-30(3,4)35-29(37)21-7-6-8-23(16-21)39-26-10-9-22(15-20(26)2)34-28-24-17-27(36-11-13-38-14-12-36)31-18-25(24)32-19-33-28/h6-10,15-19H,5,11-14H2,1-4H3,(H,35,37)(H,32,33,34). The lowest BCUT2D eigenvalue weighted by atomic mass is 10.0. The van der Waals surface area contributed by atoms with Crippen molar-refractivity contribution in [2.45, 2.75) is 39.7 Å². The van der Waals surface area contributed by atoms with E-state index in [-0.39, 0.29) is 11.4 Å². The number of rotatable bonds is 8. The molecule has 0 radical (unpaired) electrons. The zero-order valence-corrected chi connectivity index (χ0v) is 22.8. The lowest BCUT2D eigenvalue weighted by Gasteiger charge is -2.27. The van der Waals surface area contributed by atoms with Gasteiger partial charge in [0.2, 0.25) is 0 Å². The van der Waals surface area contributed by atoms with Gasteiger partial charge in [-0.2, -0.15) is 0 Å². The summed E-state index contributed by atoms with van der Waals surface area (Å²) in [5.74, 6) is 2.79. The highest BCUT2D eigenvalue weighted by atomic mass is 16.5. The highest BCUT2D eigenvalue weighted by Crippen LogP contribution is 2.31. The van der Waals surface area contributed by atoms with Gasteiger partial charge in [0.25, 0.3) is 5.91 Å². The van der Waals surface area contributed by atoms with E-state index in [0.717, 1.165) is 47.5 Å². The fraction of sp³-hybridized carbons (Fsp3) is 0.333. The number of ether oxygens (including phenoxy) is 2. The summed E-state index contributed by atoms with van der Waals surface area (Å²) in [4.78, 5) is 28.4. The van der Waals surface area contributed by atoms with Crippen LogP contribution in [-0.2, 0) is 4.74 Å². The number of amides is 1. The van der Waals surface area contributed by atoms with Crippen LogP contribution in [0.5, 0.6) is 11.5 Å². The Labute approximate surface area is 228 Å². The number of benzene rings is 2. The van der Waals surface area contributed by atoms with E-state index in [1.807, 2.05) is 64.1 Å². The molecule has 1 saturated heterocycles. The summed E-state index contributed by atoms with van der Waals surface area (Å²) in [5, 5.41) is 7.39. The van der Waals surface area contributed by atoms with Crippen LogP contribution in [0.25, 0.3) is 10.9 Å². The summed E-state index contributed by atoms with van der Waals surface area (Å²) in [7, 11) is 0. The molecule has 39 heavy (non-hydrogen) atoms. The fourth-order valence-electron chi connectivity index (χ4n) is 4.29. The van der Waals surface area contributed by atoms with Gasteiger partial charge in [0.1, 0.15) is 29.5 Å². The van der Waals surface area contributed by atoms with Crippen LogP contribution in [0.1, 0.15) is 43.1 Å². The lowest BCUT2D eigenvalue weighted by Crippen LogP contribution is -2.42. The zero-order chi connectivity index (χ0) is 27.4. The maximum absolute atomic E-state index is 12.7. The average Bonchev–Trinajstić information content (AvgIpc) is 2.95. The van der Waals surface area contributed by atoms with Crippen LogP contribution in [0.3, 0.4) is 0 Å². The van der Waals surface area contributed by atoms with Crippen LogP contribution in [0.2, 0.25) is 0 Å². The molecular formula is C30H34N6O3. The van der Waals surface area contributed by atoms with Crippen molar-refractivity contribution in [1.29, 1.82) is 0 Å². The van der Waals surface area contributed by atoms with Crippen molar-refractivity contribution in [3.05, 3.63) is 72.2 Å². The second kappa shape index (κ2) is 11.2. The molecule has 2 N–H and O–H groups in total. The molecule has 3 heterocycles. The van der Waals surface area contributed by atoms with E-state index in [4.69, 9.17) is 9.47 Å². The van der Waals surface area contributed by atoms with Gasteiger partial charge in [-0.15, -0.1) is 0 Å². The van der Waals surface area contributed by atoms with Crippen LogP contribution < -0.4 is 20.3 Å².